The van der Waals surface area contributed by atoms with Gasteiger partial charge in [0.1, 0.15) is 17.8 Å². The van der Waals surface area contributed by atoms with Crippen LogP contribution < -0.4 is 9.64 Å². The van der Waals surface area contributed by atoms with Crippen LogP contribution in [0.5, 0.6) is 5.75 Å². The molecule has 0 unspecified atom stereocenters. The molecule has 1 aliphatic heterocycles. The Morgan fingerprint density at radius 2 is 2.00 bits per heavy atom. The lowest BCUT2D eigenvalue weighted by molar-refractivity contribution is -0.384. The molecule has 1 heterocycles. The van der Waals surface area contributed by atoms with Crippen LogP contribution >= 0.6 is 0 Å². The number of benzene rings is 1. The number of non-ortho nitro benzene ring substituents is 1. The number of ether oxygens (including phenoxy) is 1. The maximum absolute atomic E-state index is 12.9. The van der Waals surface area contributed by atoms with Crippen LogP contribution in [0.1, 0.15) is 32.1 Å². The van der Waals surface area contributed by atoms with Gasteiger partial charge in [-0.15, -0.1) is 0 Å². The van der Waals surface area contributed by atoms with Crippen LogP contribution in [0.2, 0.25) is 0 Å². The normalized spacial score (nSPS) is 18.0. The Morgan fingerprint density at radius 1 is 1.32 bits per heavy atom. The predicted octanol–water partition coefficient (Wildman–Crippen LogP) is 1.57. The first-order chi connectivity index (χ1) is 13.3. The number of aliphatic carboxylic acids is 1. The molecule has 1 aromatic carbocycles. The van der Waals surface area contributed by atoms with Gasteiger partial charge >= 0.3 is 5.97 Å². The van der Waals surface area contributed by atoms with Gasteiger partial charge in [-0.2, -0.15) is 0 Å². The van der Waals surface area contributed by atoms with Crippen LogP contribution in [0.25, 0.3) is 0 Å². The van der Waals surface area contributed by atoms with Gasteiger partial charge in [-0.05, 0) is 18.9 Å². The number of nitrogens with zero attached hydrogens (tertiary/aromatic N) is 3. The number of nitro benzene ring substituents is 1. The zero-order chi connectivity index (χ0) is 20.5. The first-order valence-electron chi connectivity index (χ1n) is 8.98. The Kier molecular flexibility index (Phi) is 5.21. The number of hydrogen-bond donors (Lipinski definition) is 1. The van der Waals surface area contributed by atoms with E-state index in [-0.39, 0.29) is 23.7 Å². The quantitative estimate of drug-likeness (QED) is 0.595. The van der Waals surface area contributed by atoms with Gasteiger partial charge in [-0.1, -0.05) is 19.3 Å². The lowest BCUT2D eigenvalue weighted by Gasteiger charge is -2.42. The van der Waals surface area contributed by atoms with Crippen molar-refractivity contribution in [2.45, 2.75) is 37.6 Å². The number of nitro groups is 1. The zero-order valence-electron chi connectivity index (χ0n) is 15.4. The molecule has 150 valence electrons. The van der Waals surface area contributed by atoms with Crippen LogP contribution in [0.15, 0.2) is 18.2 Å². The number of amides is 2. The van der Waals surface area contributed by atoms with E-state index in [1.54, 1.807) is 0 Å². The number of carboxylic acid groups (broad SMARTS) is 1. The molecule has 0 radical (unpaired) electrons. The van der Waals surface area contributed by atoms with Gasteiger partial charge in [0.05, 0.1) is 10.6 Å². The molecule has 0 saturated heterocycles. The van der Waals surface area contributed by atoms with E-state index in [9.17, 15) is 29.6 Å². The third-order valence-corrected chi connectivity index (χ3v) is 5.48. The monoisotopic (exact) mass is 391 g/mol. The maximum atomic E-state index is 12.9. The van der Waals surface area contributed by atoms with Gasteiger partial charge in [-0.3, -0.25) is 24.6 Å². The number of carbonyl (C=O) groups is 3. The van der Waals surface area contributed by atoms with Crippen molar-refractivity contribution in [3.63, 3.8) is 0 Å². The van der Waals surface area contributed by atoms with Gasteiger partial charge in [0.25, 0.3) is 11.6 Å². The molecule has 2 amide bonds. The first kappa shape index (κ1) is 19.6. The fraction of sp³-hybridized carbons (Fsp3) is 0.500. The molecule has 0 spiro atoms. The average molecular weight is 391 g/mol. The number of carboxylic acids is 1. The molecule has 2 aliphatic rings. The summed E-state index contributed by atoms with van der Waals surface area (Å²) in [5, 5.41) is 20.8. The van der Waals surface area contributed by atoms with E-state index in [4.69, 9.17) is 4.74 Å². The number of rotatable bonds is 5. The number of hydrogen-bond acceptors (Lipinski definition) is 6. The van der Waals surface area contributed by atoms with Crippen LogP contribution in [0.4, 0.5) is 11.4 Å². The van der Waals surface area contributed by atoms with E-state index in [0.717, 1.165) is 11.3 Å². The highest BCUT2D eigenvalue weighted by atomic mass is 16.6. The Bertz CT molecular complexity index is 832. The highest BCUT2D eigenvalue weighted by Gasteiger charge is 2.46. The molecule has 1 aliphatic carbocycles. The average Bonchev–Trinajstić information content (AvgIpc) is 2.69. The molecule has 10 nitrogen and oxygen atoms in total. The van der Waals surface area contributed by atoms with Crippen molar-refractivity contribution in [3.8, 4) is 5.75 Å². The van der Waals surface area contributed by atoms with Crippen molar-refractivity contribution in [1.82, 2.24) is 4.90 Å². The van der Waals surface area contributed by atoms with E-state index < -0.39 is 34.8 Å². The molecule has 0 aromatic heterocycles. The molecular weight excluding hydrogens is 370 g/mol. The molecule has 0 atom stereocenters. The van der Waals surface area contributed by atoms with Gasteiger partial charge in [0.2, 0.25) is 5.91 Å². The van der Waals surface area contributed by atoms with Crippen LogP contribution in [-0.4, -0.2) is 58.5 Å². The molecule has 1 aromatic rings. The zero-order valence-corrected chi connectivity index (χ0v) is 15.4. The molecule has 1 fully saturated rings. The highest BCUT2D eigenvalue weighted by Crippen LogP contribution is 2.36. The minimum absolute atomic E-state index is 0.125. The number of fused-ring (bicyclic) bond motifs is 1. The molecule has 10 heteroatoms. The summed E-state index contributed by atoms with van der Waals surface area (Å²) in [7, 11) is 1.43. The summed E-state index contributed by atoms with van der Waals surface area (Å²) in [6, 6.07) is 3.80. The summed E-state index contributed by atoms with van der Waals surface area (Å²) >= 11 is 0. The van der Waals surface area contributed by atoms with Crippen LogP contribution in [-0.2, 0) is 14.4 Å². The standard InChI is InChI=1S/C18H21N3O7/c1-19(18(17(24)25)7-3-2-4-8-18)15(22)10-20-13-9-12(21(26)27)5-6-14(13)28-11-16(20)23/h5-6,9H,2-4,7-8,10-11H2,1H3,(H,24,25). The Morgan fingerprint density at radius 3 is 2.61 bits per heavy atom. The largest absolute Gasteiger partial charge is 0.482 e. The van der Waals surface area contributed by atoms with Crippen molar-refractivity contribution in [2.24, 2.45) is 0 Å². The smallest absolute Gasteiger partial charge is 0.329 e. The fourth-order valence-electron chi connectivity index (χ4n) is 3.79. The van der Waals surface area contributed by atoms with Crippen LogP contribution in [0.3, 0.4) is 0 Å². The van der Waals surface area contributed by atoms with Gasteiger partial charge in [0, 0.05) is 19.2 Å². The topological polar surface area (TPSA) is 130 Å². The Labute approximate surface area is 160 Å². The van der Waals surface area contributed by atoms with E-state index in [0.29, 0.717) is 25.7 Å². The number of anilines is 1. The summed E-state index contributed by atoms with van der Waals surface area (Å²) < 4.78 is 5.28. The van der Waals surface area contributed by atoms with E-state index in [1.165, 1.54) is 30.1 Å². The van der Waals surface area contributed by atoms with E-state index in [2.05, 4.69) is 0 Å². The molecule has 0 bridgehead atoms. The second-order valence-corrected chi connectivity index (χ2v) is 7.03. The lowest BCUT2D eigenvalue weighted by atomic mass is 9.80. The summed E-state index contributed by atoms with van der Waals surface area (Å²) in [4.78, 5) is 49.9. The molecule has 28 heavy (non-hydrogen) atoms. The van der Waals surface area contributed by atoms with Gasteiger partial charge in [-0.25, -0.2) is 4.79 Å². The molecule has 3 rings (SSSR count). The highest BCUT2D eigenvalue weighted by molar-refractivity contribution is 6.03. The minimum atomic E-state index is -1.30. The van der Waals surface area contributed by atoms with Crippen molar-refractivity contribution < 1.29 is 29.2 Å². The fourth-order valence-corrected chi connectivity index (χ4v) is 3.79. The van der Waals surface area contributed by atoms with Crippen molar-refractivity contribution in [2.75, 3.05) is 25.1 Å². The minimum Gasteiger partial charge on any atom is -0.482 e. The summed E-state index contributed by atoms with van der Waals surface area (Å²) in [5.41, 5.74) is -1.41. The lowest BCUT2D eigenvalue weighted by Crippen LogP contribution is -2.58. The summed E-state index contributed by atoms with van der Waals surface area (Å²) in [6.07, 6.45) is 3.02. The van der Waals surface area contributed by atoms with Crippen molar-refractivity contribution in [1.29, 1.82) is 0 Å². The van der Waals surface area contributed by atoms with Gasteiger partial charge < -0.3 is 14.7 Å². The van der Waals surface area contributed by atoms with Crippen molar-refractivity contribution >= 4 is 29.2 Å². The first-order valence-corrected chi connectivity index (χ1v) is 8.98. The summed E-state index contributed by atoms with van der Waals surface area (Å²) in [6.45, 7) is -0.715. The second kappa shape index (κ2) is 7.45. The number of carbonyl (C=O) groups excluding carboxylic acids is 2. The molecule has 1 saturated carbocycles. The number of likely N-dealkylation sites (N-methyl/N-ethyl adjacent to an activating group) is 1. The van der Waals surface area contributed by atoms with Crippen molar-refractivity contribution in [3.05, 3.63) is 28.3 Å². The Hall–Kier alpha value is -3.17. The third-order valence-electron chi connectivity index (χ3n) is 5.48. The summed E-state index contributed by atoms with van der Waals surface area (Å²) in [5.74, 6) is -1.88. The molecular formula is C18H21N3O7. The van der Waals surface area contributed by atoms with Crippen LogP contribution in [0, 0.1) is 10.1 Å². The van der Waals surface area contributed by atoms with E-state index in [1.807, 2.05) is 0 Å². The van der Waals surface area contributed by atoms with E-state index >= 15 is 0 Å². The molecule has 1 N–H and O–H groups in total. The maximum Gasteiger partial charge on any atom is 0.329 e. The Balaban J connectivity index is 1.87. The second-order valence-electron chi connectivity index (χ2n) is 7.03. The predicted molar refractivity (Wildman–Crippen MR) is 97.2 cm³/mol. The third kappa shape index (κ3) is 3.37. The SMILES string of the molecule is CN(C(=O)CN1C(=O)COc2ccc([N+](=O)[O-])cc21)C1(C(=O)O)CCCCC1. The van der Waals surface area contributed by atoms with Gasteiger partial charge in [0.15, 0.2) is 6.61 Å².